The molecule has 0 amide bonds. The van der Waals surface area contributed by atoms with Gasteiger partial charge in [-0.1, -0.05) is 159 Å². The van der Waals surface area contributed by atoms with Crippen molar-refractivity contribution in [2.75, 3.05) is 4.90 Å². The molecule has 0 bridgehead atoms. The predicted octanol–water partition coefficient (Wildman–Crippen LogP) is 14.8. The van der Waals surface area contributed by atoms with E-state index in [1.807, 2.05) is 36.4 Å². The maximum absolute atomic E-state index is 13.5. The fourth-order valence-electron chi connectivity index (χ4n) is 8.56. The molecular weight excluding hydrogens is 923 g/mol. The fraction of sp³-hybridized carbons (Fsp3) is 0.0769. The number of ether oxygens (including phenoxy) is 2. The summed E-state index contributed by atoms with van der Waals surface area (Å²) in [5.41, 5.74) is 14.3. The minimum Gasteiger partial charge on any atom is -0.427 e. The molecule has 0 radical (unpaired) electrons. The molecule has 0 aromatic heterocycles. The maximum atomic E-state index is 13.5. The third-order valence-electron chi connectivity index (χ3n) is 12.5. The van der Waals surface area contributed by atoms with Crippen LogP contribution in [0.4, 0.5) is 17.1 Å². The lowest BCUT2D eigenvalue weighted by Gasteiger charge is -2.26. The Kier molecular flexibility index (Phi) is 15.4. The molecule has 0 fully saturated rings. The number of rotatable bonds is 18. The molecule has 73 heavy (non-hydrogen) atoms. The van der Waals surface area contributed by atoms with Gasteiger partial charge in [0, 0.05) is 29.6 Å². The van der Waals surface area contributed by atoms with E-state index < -0.39 is 15.8 Å². The number of nitrogens with zero attached hydrogens (tertiary/aromatic N) is 1. The predicted molar refractivity (Wildman–Crippen MR) is 292 cm³/mol. The van der Waals surface area contributed by atoms with E-state index in [0.29, 0.717) is 17.9 Å². The summed E-state index contributed by atoms with van der Waals surface area (Å²) in [7, 11) is -3.78. The fourth-order valence-corrected chi connectivity index (χ4v) is 9.82. The zero-order chi connectivity index (χ0) is 50.6. The van der Waals surface area contributed by atoms with E-state index in [2.05, 4.69) is 163 Å². The molecular formula is C65H53NO6S. The maximum Gasteiger partial charge on any atom is 0.335 e. The molecule has 0 heterocycles. The minimum atomic E-state index is -3.78. The van der Waals surface area contributed by atoms with Gasteiger partial charge in [0.2, 0.25) is 9.84 Å². The molecule has 360 valence electrons. The van der Waals surface area contributed by atoms with Crippen LogP contribution in [-0.2, 0) is 38.7 Å². The lowest BCUT2D eigenvalue weighted by molar-refractivity contribution is -0.134. The number of hydrogen-bond donors (Lipinski definition) is 0. The van der Waals surface area contributed by atoms with Crippen LogP contribution >= 0.6 is 0 Å². The van der Waals surface area contributed by atoms with Gasteiger partial charge in [-0.2, -0.15) is 0 Å². The van der Waals surface area contributed by atoms with E-state index in [0.717, 1.165) is 74.9 Å². The first-order chi connectivity index (χ1) is 35.6. The van der Waals surface area contributed by atoms with Crippen LogP contribution in [0.2, 0.25) is 0 Å². The molecule has 0 saturated heterocycles. The van der Waals surface area contributed by atoms with Crippen LogP contribution in [0.15, 0.2) is 253 Å². The van der Waals surface area contributed by atoms with Gasteiger partial charge in [-0.05, 0) is 166 Å². The summed E-state index contributed by atoms with van der Waals surface area (Å²) in [5, 5.41) is 0. The molecule has 0 aliphatic heterocycles. The first-order valence-corrected chi connectivity index (χ1v) is 25.6. The molecule has 9 aromatic rings. The Morgan fingerprint density at radius 2 is 0.795 bits per heavy atom. The van der Waals surface area contributed by atoms with E-state index in [-0.39, 0.29) is 22.2 Å². The van der Waals surface area contributed by atoms with Crippen LogP contribution in [0.1, 0.15) is 63.4 Å². The largest absolute Gasteiger partial charge is 0.427 e. The van der Waals surface area contributed by atoms with Gasteiger partial charge in [0.1, 0.15) is 11.5 Å². The van der Waals surface area contributed by atoms with Gasteiger partial charge >= 0.3 is 11.9 Å². The molecule has 0 aliphatic carbocycles. The molecule has 0 unspecified atom stereocenters. The summed E-state index contributed by atoms with van der Waals surface area (Å²) in [6, 6.07) is 76.0. The lowest BCUT2D eigenvalue weighted by atomic mass is 9.95. The van der Waals surface area contributed by atoms with E-state index >= 15 is 0 Å². The van der Waals surface area contributed by atoms with Crippen LogP contribution in [0.3, 0.4) is 0 Å². The number of carbonyl (C=O) groups is 2. The second kappa shape index (κ2) is 22.9. The van der Waals surface area contributed by atoms with Crippen molar-refractivity contribution >= 4 is 50.5 Å². The van der Waals surface area contributed by atoms with Crippen molar-refractivity contribution in [3.63, 3.8) is 0 Å². The Morgan fingerprint density at radius 1 is 0.452 bits per heavy atom. The van der Waals surface area contributed by atoms with Gasteiger partial charge in [-0.25, -0.2) is 13.2 Å². The topological polar surface area (TPSA) is 90.0 Å². The Morgan fingerprint density at radius 3 is 1.21 bits per heavy atom. The molecule has 0 atom stereocenters. The Labute approximate surface area is 427 Å². The van der Waals surface area contributed by atoms with Crippen LogP contribution < -0.4 is 14.4 Å². The summed E-state index contributed by atoms with van der Waals surface area (Å²) in [5.74, 6) is -0.0654. The molecule has 0 saturated carbocycles. The highest BCUT2D eigenvalue weighted by Crippen LogP contribution is 2.36. The van der Waals surface area contributed by atoms with E-state index in [1.165, 1.54) is 41.0 Å². The number of carbonyl (C=O) groups excluding carboxylic acids is 2. The number of hydrogen-bond acceptors (Lipinski definition) is 7. The van der Waals surface area contributed by atoms with Crippen molar-refractivity contribution in [1.82, 2.24) is 0 Å². The Hall–Kier alpha value is -8.85. The van der Waals surface area contributed by atoms with Crippen LogP contribution in [-0.4, -0.2) is 20.4 Å². The lowest BCUT2D eigenvalue weighted by Crippen LogP contribution is -2.10. The molecule has 7 nitrogen and oxygen atoms in total. The SMILES string of the molecule is C=CC(=O)Oc1ccc(Cc2ccc(Cc3ccc(N(c4ccc(C=C(c5ccccc5)c5ccccc5)cc4)c4ccc(Cc5ccc(S(=O)(=O)c6ccc(OC(=O)CC)cc6)cc5)cc4)cc3)cc2)cc1. The second-order valence-corrected chi connectivity index (χ2v) is 19.6. The number of sulfone groups is 1. The summed E-state index contributed by atoms with van der Waals surface area (Å²) in [6.07, 6.45) is 5.77. The highest BCUT2D eigenvalue weighted by atomic mass is 32.2. The van der Waals surface area contributed by atoms with Gasteiger partial charge in [0.15, 0.2) is 0 Å². The number of anilines is 3. The third-order valence-corrected chi connectivity index (χ3v) is 14.3. The van der Waals surface area contributed by atoms with Crippen molar-refractivity contribution in [2.45, 2.75) is 42.4 Å². The number of benzene rings is 9. The summed E-state index contributed by atoms with van der Waals surface area (Å²) < 4.78 is 37.4. The van der Waals surface area contributed by atoms with Crippen LogP contribution in [0.5, 0.6) is 11.5 Å². The molecule has 9 aromatic carbocycles. The molecule has 0 aliphatic rings. The van der Waals surface area contributed by atoms with Gasteiger partial charge in [0.25, 0.3) is 0 Å². The molecule has 0 spiro atoms. The van der Waals surface area contributed by atoms with Crippen LogP contribution in [0, 0.1) is 0 Å². The minimum absolute atomic E-state index is 0.125. The van der Waals surface area contributed by atoms with Crippen molar-refractivity contribution in [1.29, 1.82) is 0 Å². The van der Waals surface area contributed by atoms with Gasteiger partial charge in [0.05, 0.1) is 9.79 Å². The second-order valence-electron chi connectivity index (χ2n) is 17.6. The normalized spacial score (nSPS) is 11.0. The third kappa shape index (κ3) is 12.6. The zero-order valence-corrected chi connectivity index (χ0v) is 41.3. The average Bonchev–Trinajstić information content (AvgIpc) is 3.43. The first kappa shape index (κ1) is 49.1. The quantitative estimate of drug-likeness (QED) is 0.0366. The van der Waals surface area contributed by atoms with Gasteiger partial charge < -0.3 is 14.4 Å². The highest BCUT2D eigenvalue weighted by Gasteiger charge is 2.19. The first-order valence-electron chi connectivity index (χ1n) is 24.2. The zero-order valence-electron chi connectivity index (χ0n) is 40.4. The van der Waals surface area contributed by atoms with Gasteiger partial charge in [-0.3, -0.25) is 4.79 Å². The Balaban J connectivity index is 0.938. The molecule has 9 rings (SSSR count). The smallest absolute Gasteiger partial charge is 0.335 e. The molecule has 0 N–H and O–H groups in total. The van der Waals surface area contributed by atoms with E-state index in [1.54, 1.807) is 31.2 Å². The summed E-state index contributed by atoms with van der Waals surface area (Å²) in [6.45, 7) is 5.15. The Bertz CT molecular complexity index is 3410. The summed E-state index contributed by atoms with van der Waals surface area (Å²) in [4.78, 5) is 25.8. The van der Waals surface area contributed by atoms with E-state index in [4.69, 9.17) is 9.47 Å². The van der Waals surface area contributed by atoms with E-state index in [9.17, 15) is 18.0 Å². The standard InChI is InChI=1S/C65H53NO6S/c1-3-64(67)71-59-35-25-51(26-36-59)44-48-17-15-47(16-18-48)43-49-19-29-56(30-20-49)66(58-33-23-53(24-34-58)46-63(54-11-7-5-8-12-54)55-13-9-6-10-14-55)57-31-21-50(22-32-57)45-52-27-39-61(40-28-52)73(69,70)62-41-37-60(38-42-62)72-65(68)4-2/h3,5-42,46H,1,4,43-45H2,2H3. The monoisotopic (exact) mass is 975 g/mol. The van der Waals surface area contributed by atoms with Crippen molar-refractivity contribution in [3.8, 4) is 11.5 Å². The number of esters is 2. The van der Waals surface area contributed by atoms with Crippen LogP contribution in [0.25, 0.3) is 11.6 Å². The van der Waals surface area contributed by atoms with Crippen molar-refractivity contribution < 1.29 is 27.5 Å². The van der Waals surface area contributed by atoms with Crippen molar-refractivity contribution in [3.05, 3.63) is 293 Å². The van der Waals surface area contributed by atoms with Crippen molar-refractivity contribution in [2.24, 2.45) is 0 Å². The average molecular weight is 976 g/mol. The highest BCUT2D eigenvalue weighted by molar-refractivity contribution is 7.91. The molecule has 8 heteroatoms. The van der Waals surface area contributed by atoms with Gasteiger partial charge in [-0.15, -0.1) is 0 Å². The summed E-state index contributed by atoms with van der Waals surface area (Å²) >= 11 is 0.